The second-order valence-corrected chi connectivity index (χ2v) is 5.86. The third-order valence-corrected chi connectivity index (χ3v) is 3.97. The van der Waals surface area contributed by atoms with E-state index in [0.29, 0.717) is 16.6 Å². The largest absolute Gasteiger partial charge is 0.467 e. The first-order chi connectivity index (χ1) is 11.5. The summed E-state index contributed by atoms with van der Waals surface area (Å²) in [4.78, 5) is 28.2. The Kier molecular flexibility index (Phi) is 6.21. The fourth-order valence-electron chi connectivity index (χ4n) is 2.01. The fraction of sp³-hybridized carbons (Fsp3) is 0.267. The molecule has 1 amide bonds. The molecular weight excluding hydrogens is 330 g/mol. The van der Waals surface area contributed by atoms with Gasteiger partial charge in [0.15, 0.2) is 11.2 Å². The van der Waals surface area contributed by atoms with Crippen molar-refractivity contribution in [3.05, 3.63) is 47.8 Å². The third kappa shape index (κ3) is 5.00. The molecule has 0 bridgehead atoms. The van der Waals surface area contributed by atoms with Crippen LogP contribution in [0, 0.1) is 0 Å². The Hall–Kier alpha value is -2.52. The molecule has 2 unspecified atom stereocenters. The summed E-state index contributed by atoms with van der Waals surface area (Å²) in [5, 5.41) is 5.92. The lowest BCUT2D eigenvalue weighted by Crippen LogP contribution is -2.38. The Morgan fingerprint density at radius 1 is 1.42 bits per heavy atom. The van der Waals surface area contributed by atoms with Gasteiger partial charge in [0.1, 0.15) is 12.0 Å². The van der Waals surface area contributed by atoms with Crippen LogP contribution in [0.4, 0.5) is 0 Å². The number of amides is 1. The SMILES string of the molecule is COC(=O)C(NC(=O)CSC1=NC(N)C=C(N)N1)c1ccccc1. The van der Waals surface area contributed by atoms with E-state index in [1.807, 2.05) is 6.07 Å². The Balaban J connectivity index is 1.95. The van der Waals surface area contributed by atoms with Crippen molar-refractivity contribution in [3.8, 4) is 0 Å². The van der Waals surface area contributed by atoms with Crippen molar-refractivity contribution in [2.24, 2.45) is 16.5 Å². The van der Waals surface area contributed by atoms with Crippen molar-refractivity contribution in [1.29, 1.82) is 0 Å². The standard InChI is InChI=1S/C15H19N5O3S/c1-23-14(22)13(9-5-3-2-4-6-9)20-12(21)8-24-15-18-10(16)7-11(17)19-15/h2-7,10,13H,8,16-17H2,1H3,(H,18,19)(H,20,21). The predicted molar refractivity (Wildman–Crippen MR) is 92.6 cm³/mol. The molecule has 0 saturated carbocycles. The van der Waals surface area contributed by atoms with Crippen LogP contribution in [-0.4, -0.2) is 36.1 Å². The molecule has 0 aliphatic carbocycles. The van der Waals surface area contributed by atoms with Gasteiger partial charge in [0.05, 0.1) is 12.9 Å². The number of nitrogens with two attached hydrogens (primary N) is 2. The first-order valence-corrected chi connectivity index (χ1v) is 8.11. The molecule has 0 saturated heterocycles. The zero-order valence-electron chi connectivity index (χ0n) is 13.1. The van der Waals surface area contributed by atoms with Crippen molar-refractivity contribution < 1.29 is 14.3 Å². The molecule has 0 aromatic heterocycles. The second kappa shape index (κ2) is 8.37. The number of carbonyl (C=O) groups is 2. The zero-order valence-corrected chi connectivity index (χ0v) is 13.9. The van der Waals surface area contributed by atoms with Crippen LogP contribution in [0.1, 0.15) is 11.6 Å². The Morgan fingerprint density at radius 3 is 2.75 bits per heavy atom. The van der Waals surface area contributed by atoms with Crippen molar-refractivity contribution in [2.75, 3.05) is 12.9 Å². The Bertz CT molecular complexity index is 662. The van der Waals surface area contributed by atoms with Gasteiger partial charge in [0.2, 0.25) is 5.91 Å². The van der Waals surface area contributed by atoms with E-state index >= 15 is 0 Å². The van der Waals surface area contributed by atoms with E-state index in [1.54, 1.807) is 30.3 Å². The molecule has 2 rings (SSSR count). The monoisotopic (exact) mass is 349 g/mol. The van der Waals surface area contributed by atoms with E-state index < -0.39 is 18.2 Å². The van der Waals surface area contributed by atoms with E-state index in [2.05, 4.69) is 15.6 Å². The van der Waals surface area contributed by atoms with Gasteiger partial charge in [-0.3, -0.25) is 4.79 Å². The minimum absolute atomic E-state index is 0.0478. The van der Waals surface area contributed by atoms with Crippen molar-refractivity contribution in [3.63, 3.8) is 0 Å². The van der Waals surface area contributed by atoms with Crippen molar-refractivity contribution >= 4 is 28.8 Å². The lowest BCUT2D eigenvalue weighted by Gasteiger charge is -2.18. The summed E-state index contributed by atoms with van der Waals surface area (Å²) in [7, 11) is 1.27. The number of nitrogens with one attached hydrogen (secondary N) is 2. The molecule has 1 aliphatic rings. The lowest BCUT2D eigenvalue weighted by molar-refractivity contribution is -0.145. The molecule has 0 fully saturated rings. The maximum absolute atomic E-state index is 12.2. The van der Waals surface area contributed by atoms with Crippen molar-refractivity contribution in [2.45, 2.75) is 12.2 Å². The number of methoxy groups -OCH3 is 1. The molecule has 1 aromatic carbocycles. The number of amidine groups is 1. The van der Waals surface area contributed by atoms with E-state index in [4.69, 9.17) is 16.2 Å². The lowest BCUT2D eigenvalue weighted by atomic mass is 10.1. The van der Waals surface area contributed by atoms with Crippen LogP contribution in [0.2, 0.25) is 0 Å². The zero-order chi connectivity index (χ0) is 17.5. The summed E-state index contributed by atoms with van der Waals surface area (Å²) in [6, 6.07) is 8.01. The number of esters is 1. The highest BCUT2D eigenvalue weighted by molar-refractivity contribution is 8.14. The highest BCUT2D eigenvalue weighted by Crippen LogP contribution is 2.15. The molecule has 1 aromatic rings. The fourth-order valence-corrected chi connectivity index (χ4v) is 2.74. The minimum atomic E-state index is -0.863. The van der Waals surface area contributed by atoms with Crippen LogP contribution < -0.4 is 22.1 Å². The number of benzene rings is 1. The van der Waals surface area contributed by atoms with Gasteiger partial charge < -0.3 is 26.8 Å². The third-order valence-electron chi connectivity index (χ3n) is 3.08. The van der Waals surface area contributed by atoms with Gasteiger partial charge in [-0.1, -0.05) is 42.1 Å². The van der Waals surface area contributed by atoms with E-state index in [9.17, 15) is 9.59 Å². The van der Waals surface area contributed by atoms with E-state index in [1.165, 1.54) is 7.11 Å². The number of thioether (sulfide) groups is 1. The smallest absolute Gasteiger partial charge is 0.333 e. The molecule has 1 aliphatic heterocycles. The topological polar surface area (TPSA) is 132 Å². The number of rotatable bonds is 5. The number of aliphatic imine (C=N–C) groups is 1. The van der Waals surface area contributed by atoms with Crippen LogP contribution >= 0.6 is 11.8 Å². The second-order valence-electron chi connectivity index (χ2n) is 4.89. The number of hydrogen-bond acceptors (Lipinski definition) is 8. The summed E-state index contributed by atoms with van der Waals surface area (Å²) in [5.41, 5.74) is 12.0. The number of ether oxygens (including phenoxy) is 1. The Morgan fingerprint density at radius 2 is 2.12 bits per heavy atom. The van der Waals surface area contributed by atoms with Gasteiger partial charge in [-0.05, 0) is 11.6 Å². The summed E-state index contributed by atoms with van der Waals surface area (Å²) in [6.07, 6.45) is 1.02. The number of hydrogen-bond donors (Lipinski definition) is 4. The van der Waals surface area contributed by atoms with Gasteiger partial charge in [-0.2, -0.15) is 0 Å². The molecule has 6 N–H and O–H groups in total. The number of nitrogens with zero attached hydrogens (tertiary/aromatic N) is 1. The summed E-state index contributed by atoms with van der Waals surface area (Å²) >= 11 is 1.14. The minimum Gasteiger partial charge on any atom is -0.467 e. The van der Waals surface area contributed by atoms with Crippen LogP contribution in [0.5, 0.6) is 0 Å². The molecular formula is C15H19N5O3S. The van der Waals surface area contributed by atoms with Gasteiger partial charge in [-0.15, -0.1) is 0 Å². The molecule has 8 nitrogen and oxygen atoms in total. The van der Waals surface area contributed by atoms with Gasteiger partial charge in [0, 0.05) is 0 Å². The van der Waals surface area contributed by atoms with Crippen LogP contribution in [0.15, 0.2) is 47.2 Å². The maximum atomic E-state index is 12.2. The normalized spacial score (nSPS) is 17.8. The predicted octanol–water partition coefficient (Wildman–Crippen LogP) is -0.206. The average Bonchev–Trinajstić information content (AvgIpc) is 2.57. The summed E-state index contributed by atoms with van der Waals surface area (Å²) in [5.74, 6) is -0.448. The first-order valence-electron chi connectivity index (χ1n) is 7.12. The average molecular weight is 349 g/mol. The van der Waals surface area contributed by atoms with Gasteiger partial charge in [-0.25, -0.2) is 9.79 Å². The van der Waals surface area contributed by atoms with Crippen LogP contribution in [-0.2, 0) is 14.3 Å². The van der Waals surface area contributed by atoms with Crippen LogP contribution in [0.3, 0.4) is 0 Å². The molecule has 128 valence electrons. The molecule has 0 radical (unpaired) electrons. The maximum Gasteiger partial charge on any atom is 0.333 e. The highest BCUT2D eigenvalue weighted by atomic mass is 32.2. The number of carbonyl (C=O) groups excluding carboxylic acids is 2. The van der Waals surface area contributed by atoms with Crippen LogP contribution in [0.25, 0.3) is 0 Å². The Labute approximate surface area is 143 Å². The molecule has 9 heteroatoms. The molecule has 24 heavy (non-hydrogen) atoms. The summed E-state index contributed by atoms with van der Waals surface area (Å²) in [6.45, 7) is 0. The van der Waals surface area contributed by atoms with Crippen molar-refractivity contribution in [1.82, 2.24) is 10.6 Å². The first kappa shape index (κ1) is 17.8. The molecule has 0 spiro atoms. The summed E-state index contributed by atoms with van der Waals surface area (Å²) < 4.78 is 4.75. The molecule has 1 heterocycles. The van der Waals surface area contributed by atoms with E-state index in [-0.39, 0.29) is 11.7 Å². The molecule has 2 atom stereocenters. The van der Waals surface area contributed by atoms with Gasteiger partial charge in [0.25, 0.3) is 0 Å². The van der Waals surface area contributed by atoms with E-state index in [0.717, 1.165) is 11.8 Å². The highest BCUT2D eigenvalue weighted by Gasteiger charge is 2.23. The van der Waals surface area contributed by atoms with Gasteiger partial charge >= 0.3 is 5.97 Å². The quantitative estimate of drug-likeness (QED) is 0.541.